The van der Waals surface area contributed by atoms with Crippen molar-refractivity contribution in [3.63, 3.8) is 0 Å². The van der Waals surface area contributed by atoms with Crippen LogP contribution in [0.25, 0.3) is 51.5 Å². The second kappa shape index (κ2) is 8.78. The second-order valence-electron chi connectivity index (χ2n) is 11.7. The topological polar surface area (TPSA) is 3.24 Å². The molecule has 0 unspecified atom stereocenters. The van der Waals surface area contributed by atoms with Crippen LogP contribution >= 0.6 is 22.7 Å². The van der Waals surface area contributed by atoms with Gasteiger partial charge < -0.3 is 4.90 Å². The summed E-state index contributed by atoms with van der Waals surface area (Å²) in [6.07, 6.45) is 0. The number of fused-ring (bicyclic) bond motifs is 5. The summed E-state index contributed by atoms with van der Waals surface area (Å²) in [5, 5.41) is 5.41. The van der Waals surface area contributed by atoms with Crippen molar-refractivity contribution in [2.75, 3.05) is 4.90 Å². The zero-order chi connectivity index (χ0) is 28.0. The Morgan fingerprint density at radius 3 is 2.07 bits per heavy atom. The quantitative estimate of drug-likeness (QED) is 0.199. The van der Waals surface area contributed by atoms with Crippen molar-refractivity contribution in [2.45, 2.75) is 19.3 Å². The van der Waals surface area contributed by atoms with Crippen molar-refractivity contribution >= 4 is 80.1 Å². The molecule has 1 nitrogen and oxygen atoms in total. The fourth-order valence-electron chi connectivity index (χ4n) is 7.11. The predicted octanol–water partition coefficient (Wildman–Crippen LogP) is 12.2. The summed E-state index contributed by atoms with van der Waals surface area (Å²) in [7, 11) is 0. The van der Waals surface area contributed by atoms with E-state index in [1.165, 1.54) is 79.7 Å². The molecule has 1 aliphatic heterocycles. The molecule has 9 rings (SSSR count). The largest absolute Gasteiger partial charge is 0.309 e. The van der Waals surface area contributed by atoms with Crippen LogP contribution in [0.1, 0.15) is 25.0 Å². The molecule has 200 valence electrons. The fourth-order valence-corrected chi connectivity index (χ4v) is 9.74. The number of rotatable bonds is 2. The molecule has 3 heteroatoms. The Hall–Kier alpha value is -4.44. The number of thiophene rings is 2. The van der Waals surface area contributed by atoms with Gasteiger partial charge in [0.05, 0.1) is 16.1 Å². The molecule has 6 aromatic carbocycles. The molecule has 3 heterocycles. The molecule has 0 spiro atoms. The van der Waals surface area contributed by atoms with Gasteiger partial charge in [-0.15, -0.1) is 22.7 Å². The molecule has 1 aliphatic rings. The Morgan fingerprint density at radius 2 is 1.17 bits per heavy atom. The van der Waals surface area contributed by atoms with Gasteiger partial charge in [0.2, 0.25) is 0 Å². The lowest BCUT2D eigenvalue weighted by Crippen LogP contribution is -2.23. The molecule has 0 atom stereocenters. The highest BCUT2D eigenvalue weighted by atomic mass is 32.1. The predicted molar refractivity (Wildman–Crippen MR) is 184 cm³/mol. The van der Waals surface area contributed by atoms with E-state index in [1.807, 2.05) is 22.7 Å². The lowest BCUT2D eigenvalue weighted by molar-refractivity contribution is 0.648. The highest BCUT2D eigenvalue weighted by Gasteiger charge is 2.34. The first kappa shape index (κ1) is 24.2. The van der Waals surface area contributed by atoms with E-state index in [4.69, 9.17) is 0 Å². The summed E-state index contributed by atoms with van der Waals surface area (Å²) in [5.74, 6) is 0. The third-order valence-corrected chi connectivity index (χ3v) is 11.5. The highest BCUT2D eigenvalue weighted by Crippen LogP contribution is 2.55. The summed E-state index contributed by atoms with van der Waals surface area (Å²) in [6.45, 7) is 4.79. The zero-order valence-corrected chi connectivity index (χ0v) is 25.0. The number of nitrogens with zero attached hydrogens (tertiary/aromatic N) is 1. The van der Waals surface area contributed by atoms with E-state index in [2.05, 4.69) is 146 Å². The normalized spacial score (nSPS) is 14.1. The Bertz CT molecular complexity index is 2340. The van der Waals surface area contributed by atoms with Gasteiger partial charge in [-0.25, -0.2) is 0 Å². The third kappa shape index (κ3) is 3.24. The lowest BCUT2D eigenvalue weighted by atomic mass is 9.75. The molecule has 8 aromatic rings. The molecule has 2 aromatic heterocycles. The first-order valence-corrected chi connectivity index (χ1v) is 16.1. The Morgan fingerprint density at radius 1 is 0.476 bits per heavy atom. The second-order valence-corrected chi connectivity index (χ2v) is 13.8. The maximum Gasteiger partial charge on any atom is 0.0640 e. The van der Waals surface area contributed by atoms with E-state index >= 15 is 0 Å². The van der Waals surface area contributed by atoms with Crippen molar-refractivity contribution < 1.29 is 0 Å². The first-order valence-electron chi connectivity index (χ1n) is 14.5. The highest BCUT2D eigenvalue weighted by molar-refractivity contribution is 7.27. The van der Waals surface area contributed by atoms with E-state index in [1.54, 1.807) is 0 Å². The average molecular weight is 574 g/mol. The summed E-state index contributed by atoms with van der Waals surface area (Å²) < 4.78 is 5.41. The molecule has 2 bridgehead atoms. The summed E-state index contributed by atoms with van der Waals surface area (Å²) >= 11 is 3.85. The molecule has 0 saturated carbocycles. The van der Waals surface area contributed by atoms with Gasteiger partial charge in [0.1, 0.15) is 0 Å². The van der Waals surface area contributed by atoms with Crippen LogP contribution < -0.4 is 4.90 Å². The SMILES string of the molecule is CC1(C)c2ccccc2N(c2ccccc2)c2cccc3c2sc2c1ccc(-c1cccc4sc5ccccc5c14)c23. The third-order valence-electron chi connectivity index (χ3n) is 9.07. The summed E-state index contributed by atoms with van der Waals surface area (Å²) in [5.41, 5.74) is 8.81. The van der Waals surface area contributed by atoms with E-state index in [0.29, 0.717) is 0 Å². The fraction of sp³-hybridized carbons (Fsp3) is 0.0769. The van der Waals surface area contributed by atoms with E-state index in [-0.39, 0.29) is 5.41 Å². The number of anilines is 3. The van der Waals surface area contributed by atoms with Crippen molar-refractivity contribution in [1.29, 1.82) is 0 Å². The average Bonchev–Trinajstić information content (AvgIpc) is 3.61. The number of para-hydroxylation sites is 2. The Kier molecular flexibility index (Phi) is 5.06. The molecule has 0 saturated heterocycles. The van der Waals surface area contributed by atoms with Gasteiger partial charge in [-0.1, -0.05) is 105 Å². The summed E-state index contributed by atoms with van der Waals surface area (Å²) in [4.78, 5) is 2.48. The van der Waals surface area contributed by atoms with Crippen molar-refractivity contribution in [3.8, 4) is 11.1 Å². The minimum Gasteiger partial charge on any atom is -0.309 e. The van der Waals surface area contributed by atoms with Gasteiger partial charge in [-0.2, -0.15) is 0 Å². The minimum absolute atomic E-state index is 0.209. The van der Waals surface area contributed by atoms with E-state index in [0.717, 1.165) is 0 Å². The Balaban J connectivity index is 1.45. The molecule has 0 amide bonds. The van der Waals surface area contributed by atoms with Crippen LogP contribution in [0.2, 0.25) is 0 Å². The zero-order valence-electron chi connectivity index (χ0n) is 23.4. The van der Waals surface area contributed by atoms with Crippen molar-refractivity contribution in [1.82, 2.24) is 0 Å². The Labute approximate surface area is 252 Å². The standard InChI is InChI=1S/C39H27NS2/c1-39(2)29-17-7-8-18-31(29)40(24-12-4-3-5-13-24)32-19-10-16-28-36-26(22-23-30(39)38(36)42-37(28)32)25-15-11-21-34-35(25)27-14-6-9-20-33(27)41-34/h3-23H,1-2H3. The van der Waals surface area contributed by atoms with E-state index in [9.17, 15) is 0 Å². The first-order chi connectivity index (χ1) is 20.6. The van der Waals surface area contributed by atoms with E-state index < -0.39 is 0 Å². The van der Waals surface area contributed by atoms with Crippen LogP contribution in [0.5, 0.6) is 0 Å². The lowest BCUT2D eigenvalue weighted by Gasteiger charge is -2.34. The molecular weight excluding hydrogens is 547 g/mol. The van der Waals surface area contributed by atoms with Crippen LogP contribution in [-0.2, 0) is 5.41 Å². The van der Waals surface area contributed by atoms with Gasteiger partial charge in [0.15, 0.2) is 0 Å². The van der Waals surface area contributed by atoms with Crippen molar-refractivity contribution in [2.24, 2.45) is 0 Å². The molecule has 0 radical (unpaired) electrons. The van der Waals surface area contributed by atoms with Gasteiger partial charge in [-0.3, -0.25) is 0 Å². The minimum atomic E-state index is -0.209. The maximum atomic E-state index is 2.48. The smallest absolute Gasteiger partial charge is 0.0640 e. The molecule has 0 aliphatic carbocycles. The van der Waals surface area contributed by atoms with Gasteiger partial charge in [0, 0.05) is 46.7 Å². The summed E-state index contributed by atoms with van der Waals surface area (Å²) in [6, 6.07) is 47.2. The monoisotopic (exact) mass is 573 g/mol. The van der Waals surface area contributed by atoms with Crippen LogP contribution in [0, 0.1) is 0 Å². The van der Waals surface area contributed by atoms with Gasteiger partial charge in [0.25, 0.3) is 0 Å². The molecular formula is C39H27NS2. The molecule has 0 N–H and O–H groups in total. The molecule has 0 fully saturated rings. The molecule has 42 heavy (non-hydrogen) atoms. The van der Waals surface area contributed by atoms with Gasteiger partial charge in [-0.05, 0) is 58.7 Å². The van der Waals surface area contributed by atoms with Crippen molar-refractivity contribution in [3.05, 3.63) is 139 Å². The number of hydrogen-bond acceptors (Lipinski definition) is 3. The number of hydrogen-bond donors (Lipinski definition) is 0. The van der Waals surface area contributed by atoms with Gasteiger partial charge >= 0.3 is 0 Å². The van der Waals surface area contributed by atoms with Crippen LogP contribution in [0.4, 0.5) is 17.1 Å². The maximum absolute atomic E-state index is 2.48. The van der Waals surface area contributed by atoms with Crippen LogP contribution in [0.15, 0.2) is 127 Å². The van der Waals surface area contributed by atoms with Crippen LogP contribution in [0.3, 0.4) is 0 Å². The van der Waals surface area contributed by atoms with Crippen LogP contribution in [-0.4, -0.2) is 0 Å². The number of benzene rings is 6.